The molecule has 2 heterocycles. The third kappa shape index (κ3) is 3.47. The van der Waals surface area contributed by atoms with Crippen molar-refractivity contribution in [3.05, 3.63) is 0 Å². The quantitative estimate of drug-likeness (QED) is 0.487. The van der Waals surface area contributed by atoms with Gasteiger partial charge in [-0.15, -0.1) is 0 Å². The number of hydroxylamine groups is 4. The number of nitrogens with zero attached hydrogens (tertiary/aromatic N) is 2. The van der Waals surface area contributed by atoms with Gasteiger partial charge in [-0.1, -0.05) is 0 Å². The Hall–Kier alpha value is -3.18. The molecule has 2 saturated heterocycles. The van der Waals surface area contributed by atoms with Crippen molar-refractivity contribution >= 4 is 35.6 Å². The van der Waals surface area contributed by atoms with Crippen LogP contribution in [0.4, 0.5) is 0 Å². The van der Waals surface area contributed by atoms with E-state index in [0.717, 1.165) is 0 Å². The zero-order chi connectivity index (χ0) is 16.3. The van der Waals surface area contributed by atoms with Gasteiger partial charge in [0.05, 0.1) is 13.1 Å². The van der Waals surface area contributed by atoms with Crippen LogP contribution in [0.2, 0.25) is 0 Å². The van der Waals surface area contributed by atoms with Crippen LogP contribution in [0.1, 0.15) is 0 Å². The lowest BCUT2D eigenvalue weighted by atomic mass is 10.4. The molecule has 0 atom stereocenters. The highest BCUT2D eigenvalue weighted by Crippen LogP contribution is 2.02. The molecule has 2 fully saturated rings. The van der Waals surface area contributed by atoms with E-state index in [1.54, 1.807) is 0 Å². The highest BCUT2D eigenvalue weighted by Gasteiger charge is 2.33. The summed E-state index contributed by atoms with van der Waals surface area (Å²) >= 11 is 0. The Morgan fingerprint density at radius 2 is 1.14 bits per heavy atom. The van der Waals surface area contributed by atoms with Gasteiger partial charge >= 0.3 is 11.9 Å². The summed E-state index contributed by atoms with van der Waals surface area (Å²) in [4.78, 5) is 76.6. The molecule has 4 amide bonds. The molecule has 0 bridgehead atoms. The predicted molar refractivity (Wildman–Crippen MR) is 61.6 cm³/mol. The van der Waals surface area contributed by atoms with Gasteiger partial charge in [-0.05, 0) is 0 Å². The van der Waals surface area contributed by atoms with Crippen molar-refractivity contribution in [2.45, 2.75) is 0 Å². The molecule has 12 nitrogen and oxygen atoms in total. The van der Waals surface area contributed by atoms with E-state index in [1.165, 1.54) is 0 Å². The van der Waals surface area contributed by atoms with E-state index in [-0.39, 0.29) is 13.1 Å². The molecule has 0 radical (unpaired) electrons. The van der Waals surface area contributed by atoms with Gasteiger partial charge in [-0.3, -0.25) is 19.2 Å². The first-order valence-corrected chi connectivity index (χ1v) is 5.95. The Balaban J connectivity index is 1.90. The second-order valence-electron chi connectivity index (χ2n) is 4.17. The molecule has 0 unspecified atom stereocenters. The van der Waals surface area contributed by atoms with Crippen molar-refractivity contribution < 1.29 is 38.4 Å². The zero-order valence-corrected chi connectivity index (χ0v) is 11.0. The summed E-state index contributed by atoms with van der Waals surface area (Å²) in [6.07, 6.45) is 0. The molecule has 0 aromatic carbocycles. The molecular formula is C10H10N4O8. The number of hydrogen-bond acceptors (Lipinski definition) is 8. The van der Waals surface area contributed by atoms with Crippen molar-refractivity contribution in [3.63, 3.8) is 0 Å². The van der Waals surface area contributed by atoms with Crippen LogP contribution in [0.3, 0.4) is 0 Å². The van der Waals surface area contributed by atoms with Crippen LogP contribution >= 0.6 is 0 Å². The van der Waals surface area contributed by atoms with Crippen molar-refractivity contribution in [1.29, 1.82) is 0 Å². The average Bonchev–Trinajstić information content (AvgIpc) is 2.46. The van der Waals surface area contributed by atoms with Crippen molar-refractivity contribution in [2.24, 2.45) is 0 Å². The molecule has 2 aliphatic heterocycles. The third-order valence-electron chi connectivity index (χ3n) is 2.56. The molecule has 2 N–H and O–H groups in total. The summed E-state index contributed by atoms with van der Waals surface area (Å²) in [5.74, 6) is -5.86. The Bertz CT molecular complexity index is 523. The lowest BCUT2D eigenvalue weighted by molar-refractivity contribution is -0.220. The van der Waals surface area contributed by atoms with Gasteiger partial charge in [0.1, 0.15) is 13.1 Å². The lowest BCUT2D eigenvalue weighted by Crippen LogP contribution is -2.54. The molecular weight excluding hydrogens is 304 g/mol. The van der Waals surface area contributed by atoms with Gasteiger partial charge in [0, 0.05) is 0 Å². The standard InChI is InChI=1S/C10H10N4O8/c15-5-3-13(7(17)1-11-5)21-9(19)10(20)22-14-4-6(16)12-2-8(14)18/h1-4H2,(H,11,15)(H,12,16). The molecule has 0 aromatic rings. The Kier molecular flexibility index (Phi) is 4.20. The molecule has 0 spiro atoms. The largest absolute Gasteiger partial charge is 0.444 e. The Morgan fingerprint density at radius 1 is 0.773 bits per heavy atom. The van der Waals surface area contributed by atoms with Crippen molar-refractivity contribution in [2.75, 3.05) is 26.2 Å². The Labute approximate surface area is 122 Å². The number of amides is 4. The normalized spacial score (nSPS) is 18.5. The minimum atomic E-state index is -1.61. The van der Waals surface area contributed by atoms with E-state index in [4.69, 9.17) is 0 Å². The summed E-state index contributed by atoms with van der Waals surface area (Å²) in [5.41, 5.74) is 0. The lowest BCUT2D eigenvalue weighted by Gasteiger charge is -2.26. The molecule has 2 aliphatic rings. The number of hydrogen-bond donors (Lipinski definition) is 2. The number of carbonyl (C=O) groups is 6. The van der Waals surface area contributed by atoms with E-state index in [0.29, 0.717) is 10.1 Å². The maximum absolute atomic E-state index is 11.5. The van der Waals surface area contributed by atoms with Crippen LogP contribution in [0.25, 0.3) is 0 Å². The van der Waals surface area contributed by atoms with Gasteiger partial charge in [-0.2, -0.15) is 10.1 Å². The average molecular weight is 314 g/mol. The number of piperazine rings is 2. The van der Waals surface area contributed by atoms with E-state index in [9.17, 15) is 28.8 Å². The minimum Gasteiger partial charge on any atom is -0.345 e. The summed E-state index contributed by atoms with van der Waals surface area (Å²) < 4.78 is 0. The third-order valence-corrected chi connectivity index (χ3v) is 2.56. The van der Waals surface area contributed by atoms with Crippen LogP contribution in [-0.4, -0.2) is 71.9 Å². The van der Waals surface area contributed by atoms with E-state index >= 15 is 0 Å². The smallest absolute Gasteiger partial charge is 0.345 e. The van der Waals surface area contributed by atoms with Crippen LogP contribution in [0.15, 0.2) is 0 Å². The van der Waals surface area contributed by atoms with Crippen LogP contribution in [-0.2, 0) is 38.4 Å². The van der Waals surface area contributed by atoms with Crippen molar-refractivity contribution in [3.8, 4) is 0 Å². The number of carbonyl (C=O) groups excluding carboxylic acids is 6. The topological polar surface area (TPSA) is 151 Å². The Morgan fingerprint density at radius 3 is 1.50 bits per heavy atom. The fraction of sp³-hybridized carbons (Fsp3) is 0.400. The molecule has 0 saturated carbocycles. The first kappa shape index (κ1) is 15.2. The molecule has 22 heavy (non-hydrogen) atoms. The van der Waals surface area contributed by atoms with Gasteiger partial charge in [0.15, 0.2) is 0 Å². The van der Waals surface area contributed by atoms with Gasteiger partial charge in [-0.25, -0.2) is 9.59 Å². The summed E-state index contributed by atoms with van der Waals surface area (Å²) in [7, 11) is 0. The van der Waals surface area contributed by atoms with E-state index in [1.807, 2.05) is 0 Å². The fourth-order valence-electron chi connectivity index (χ4n) is 1.51. The zero-order valence-electron chi connectivity index (χ0n) is 11.0. The first-order valence-electron chi connectivity index (χ1n) is 5.95. The van der Waals surface area contributed by atoms with Crippen LogP contribution in [0.5, 0.6) is 0 Å². The van der Waals surface area contributed by atoms with Gasteiger partial charge in [0.25, 0.3) is 11.8 Å². The second kappa shape index (κ2) is 6.07. The van der Waals surface area contributed by atoms with E-state index in [2.05, 4.69) is 20.3 Å². The molecule has 118 valence electrons. The highest BCUT2D eigenvalue weighted by atomic mass is 16.8. The molecule has 0 aromatic heterocycles. The summed E-state index contributed by atoms with van der Waals surface area (Å²) in [5, 5.41) is 5.20. The van der Waals surface area contributed by atoms with Crippen LogP contribution in [0, 0.1) is 0 Å². The van der Waals surface area contributed by atoms with Gasteiger partial charge in [0.2, 0.25) is 11.8 Å². The second-order valence-corrected chi connectivity index (χ2v) is 4.17. The molecule has 12 heteroatoms. The SMILES string of the molecule is O=C1CN(OC(=O)C(=O)ON2CC(=O)NCC2=O)C(=O)CN1. The molecule has 2 rings (SSSR count). The molecule has 0 aliphatic carbocycles. The number of nitrogens with one attached hydrogen (secondary N) is 2. The minimum absolute atomic E-state index is 0.383. The maximum atomic E-state index is 11.5. The fourth-order valence-corrected chi connectivity index (χ4v) is 1.51. The van der Waals surface area contributed by atoms with Crippen molar-refractivity contribution in [1.82, 2.24) is 20.8 Å². The predicted octanol–water partition coefficient (Wildman–Crippen LogP) is -4.18. The monoisotopic (exact) mass is 314 g/mol. The summed E-state index contributed by atoms with van der Waals surface area (Å²) in [6.45, 7) is -1.90. The van der Waals surface area contributed by atoms with Crippen LogP contribution < -0.4 is 10.6 Å². The maximum Gasteiger partial charge on any atom is 0.444 e. The summed E-state index contributed by atoms with van der Waals surface area (Å²) in [6, 6.07) is 0. The highest BCUT2D eigenvalue weighted by molar-refractivity contribution is 6.29. The number of rotatable bonds is 2. The first-order chi connectivity index (χ1) is 10.4. The van der Waals surface area contributed by atoms with E-state index < -0.39 is 48.7 Å². The van der Waals surface area contributed by atoms with Gasteiger partial charge < -0.3 is 20.3 Å².